The summed E-state index contributed by atoms with van der Waals surface area (Å²) in [6, 6.07) is 8.29. The second kappa shape index (κ2) is 6.84. The van der Waals surface area contributed by atoms with E-state index in [9.17, 15) is 4.79 Å². The molecule has 1 amide bonds. The molecule has 25 heavy (non-hydrogen) atoms. The van der Waals surface area contributed by atoms with Crippen LogP contribution in [0.4, 0.5) is 4.79 Å². The van der Waals surface area contributed by atoms with Gasteiger partial charge in [-0.3, -0.25) is 0 Å². The molecule has 0 radical (unpaired) electrons. The highest BCUT2D eigenvalue weighted by Gasteiger charge is 2.32. The maximum Gasteiger partial charge on any atom is 0.410 e. The molecule has 1 N–H and O–H groups in total. The topological polar surface area (TPSA) is 72.3 Å². The van der Waals surface area contributed by atoms with Crippen LogP contribution in [0.5, 0.6) is 0 Å². The summed E-state index contributed by atoms with van der Waals surface area (Å²) >= 11 is 0. The molecule has 7 heteroatoms. The number of aromatic nitrogens is 3. The molecular formula is C18H25N5O2. The van der Waals surface area contributed by atoms with Crippen molar-refractivity contribution in [3.05, 3.63) is 42.5 Å². The summed E-state index contributed by atoms with van der Waals surface area (Å²) in [5.74, 6) is 0. The summed E-state index contributed by atoms with van der Waals surface area (Å²) < 4.78 is 7.26. The second-order valence-corrected chi connectivity index (χ2v) is 7.37. The fourth-order valence-corrected chi connectivity index (χ4v) is 2.86. The number of amides is 1. The van der Waals surface area contributed by atoms with Crippen molar-refractivity contribution in [3.8, 4) is 5.69 Å². The number of rotatable bonds is 2. The summed E-state index contributed by atoms with van der Waals surface area (Å²) in [5.41, 5.74) is 1.59. The largest absolute Gasteiger partial charge is 0.444 e. The van der Waals surface area contributed by atoms with Crippen LogP contribution in [0.15, 0.2) is 36.9 Å². The summed E-state index contributed by atoms with van der Waals surface area (Å²) in [7, 11) is 0. The Morgan fingerprint density at radius 1 is 1.28 bits per heavy atom. The van der Waals surface area contributed by atoms with Gasteiger partial charge in [-0.1, -0.05) is 12.1 Å². The van der Waals surface area contributed by atoms with E-state index in [-0.39, 0.29) is 18.2 Å². The van der Waals surface area contributed by atoms with Crippen molar-refractivity contribution in [2.45, 2.75) is 45.4 Å². The Labute approximate surface area is 148 Å². The van der Waals surface area contributed by atoms with Crippen LogP contribution in [0.3, 0.4) is 0 Å². The van der Waals surface area contributed by atoms with Crippen LogP contribution in [0.2, 0.25) is 0 Å². The smallest absolute Gasteiger partial charge is 0.410 e. The molecule has 3 rings (SSSR count). The molecule has 0 saturated carbocycles. The Bertz CT molecular complexity index is 706. The first-order chi connectivity index (χ1) is 11.8. The first-order valence-electron chi connectivity index (χ1n) is 8.51. The Morgan fingerprint density at radius 3 is 2.60 bits per heavy atom. The van der Waals surface area contributed by atoms with Gasteiger partial charge in [0.05, 0.1) is 11.7 Å². The first-order valence-corrected chi connectivity index (χ1v) is 8.51. The highest BCUT2D eigenvalue weighted by molar-refractivity contribution is 5.69. The number of carbonyl (C=O) groups is 1. The summed E-state index contributed by atoms with van der Waals surface area (Å²) in [6.07, 6.45) is 2.92. The molecule has 134 valence electrons. The van der Waals surface area contributed by atoms with Crippen molar-refractivity contribution >= 4 is 6.09 Å². The maximum atomic E-state index is 12.5. The first kappa shape index (κ1) is 17.4. The van der Waals surface area contributed by atoms with Crippen molar-refractivity contribution in [3.63, 3.8) is 0 Å². The van der Waals surface area contributed by atoms with E-state index in [1.165, 1.54) is 6.33 Å². The molecule has 0 spiro atoms. The molecule has 0 unspecified atom stereocenters. The summed E-state index contributed by atoms with van der Waals surface area (Å²) in [6.45, 7) is 9.00. The number of nitrogens with one attached hydrogen (secondary N) is 1. The molecule has 0 bridgehead atoms. The van der Waals surface area contributed by atoms with Gasteiger partial charge < -0.3 is 15.0 Å². The highest BCUT2D eigenvalue weighted by atomic mass is 16.6. The van der Waals surface area contributed by atoms with Gasteiger partial charge in [0.1, 0.15) is 18.3 Å². The fraction of sp³-hybridized carbons (Fsp3) is 0.500. The van der Waals surface area contributed by atoms with E-state index in [2.05, 4.69) is 27.5 Å². The van der Waals surface area contributed by atoms with E-state index in [1.807, 2.05) is 39.8 Å². The molecule has 2 aromatic rings. The van der Waals surface area contributed by atoms with E-state index in [0.29, 0.717) is 6.54 Å². The lowest BCUT2D eigenvalue weighted by atomic mass is 10.0. The van der Waals surface area contributed by atoms with E-state index in [4.69, 9.17) is 4.74 Å². The van der Waals surface area contributed by atoms with Gasteiger partial charge in [0.25, 0.3) is 0 Å². The molecule has 0 aliphatic carbocycles. The highest BCUT2D eigenvalue weighted by Crippen LogP contribution is 2.23. The number of carbonyl (C=O) groups excluding carboxylic acids is 1. The zero-order valence-corrected chi connectivity index (χ0v) is 15.1. The number of piperazine rings is 1. The number of ether oxygens (including phenoxy) is 1. The minimum Gasteiger partial charge on any atom is -0.444 e. The molecule has 2 atom stereocenters. The predicted molar refractivity (Wildman–Crippen MR) is 94.5 cm³/mol. The van der Waals surface area contributed by atoms with Gasteiger partial charge in [-0.15, -0.1) is 0 Å². The Hall–Kier alpha value is -2.41. The lowest BCUT2D eigenvalue weighted by Crippen LogP contribution is -2.54. The van der Waals surface area contributed by atoms with E-state index in [0.717, 1.165) is 17.8 Å². The standard InChI is InChI=1S/C18H25N5O2/c1-13-9-20-16(10-22(13)17(24)25-18(2,3)4)14-5-7-15(8-6-14)23-12-19-11-21-23/h5-8,11-13,16,20H,9-10H2,1-4H3/t13-,16-/m1/s1. The number of benzene rings is 1. The lowest BCUT2D eigenvalue weighted by molar-refractivity contribution is 0.00958. The van der Waals surface area contributed by atoms with Gasteiger partial charge in [0, 0.05) is 19.1 Å². The average Bonchev–Trinajstić information content (AvgIpc) is 3.08. The van der Waals surface area contributed by atoms with Crippen LogP contribution in [-0.4, -0.2) is 50.5 Å². The predicted octanol–water partition coefficient (Wildman–Crippen LogP) is 2.54. The third-order valence-electron chi connectivity index (χ3n) is 4.18. The third-order valence-corrected chi connectivity index (χ3v) is 4.18. The van der Waals surface area contributed by atoms with Crippen LogP contribution in [0.1, 0.15) is 39.3 Å². The average molecular weight is 343 g/mol. The molecule has 1 fully saturated rings. The van der Waals surface area contributed by atoms with Gasteiger partial charge in [0.15, 0.2) is 0 Å². The molecular weight excluding hydrogens is 318 g/mol. The van der Waals surface area contributed by atoms with Crippen LogP contribution >= 0.6 is 0 Å². The molecule has 7 nitrogen and oxygen atoms in total. The lowest BCUT2D eigenvalue weighted by Gasteiger charge is -2.39. The quantitative estimate of drug-likeness (QED) is 0.907. The van der Waals surface area contributed by atoms with Crippen molar-refractivity contribution < 1.29 is 9.53 Å². The van der Waals surface area contributed by atoms with Crippen LogP contribution in [0, 0.1) is 0 Å². The van der Waals surface area contributed by atoms with Crippen molar-refractivity contribution in [2.75, 3.05) is 13.1 Å². The zero-order chi connectivity index (χ0) is 18.0. The van der Waals surface area contributed by atoms with E-state index in [1.54, 1.807) is 15.9 Å². The Kier molecular flexibility index (Phi) is 4.76. The van der Waals surface area contributed by atoms with Gasteiger partial charge in [-0.25, -0.2) is 14.5 Å². The summed E-state index contributed by atoms with van der Waals surface area (Å²) in [5, 5.41) is 7.63. The van der Waals surface area contributed by atoms with Crippen molar-refractivity contribution in [1.82, 2.24) is 25.0 Å². The SMILES string of the molecule is C[C@@H]1CN[C@@H](c2ccc(-n3cncn3)cc2)CN1C(=O)OC(C)(C)C. The number of hydrogen-bond donors (Lipinski definition) is 1. The monoisotopic (exact) mass is 343 g/mol. The van der Waals surface area contributed by atoms with Crippen LogP contribution in [-0.2, 0) is 4.74 Å². The van der Waals surface area contributed by atoms with E-state index < -0.39 is 5.60 Å². The molecule has 1 saturated heterocycles. The zero-order valence-electron chi connectivity index (χ0n) is 15.1. The summed E-state index contributed by atoms with van der Waals surface area (Å²) in [4.78, 5) is 18.2. The number of nitrogens with zero attached hydrogens (tertiary/aromatic N) is 4. The Balaban J connectivity index is 1.71. The van der Waals surface area contributed by atoms with Crippen LogP contribution < -0.4 is 5.32 Å². The van der Waals surface area contributed by atoms with Gasteiger partial charge >= 0.3 is 6.09 Å². The van der Waals surface area contributed by atoms with E-state index >= 15 is 0 Å². The van der Waals surface area contributed by atoms with Gasteiger partial charge in [-0.2, -0.15) is 5.10 Å². The Morgan fingerprint density at radius 2 is 2.00 bits per heavy atom. The second-order valence-electron chi connectivity index (χ2n) is 7.37. The molecule has 1 aliphatic heterocycles. The van der Waals surface area contributed by atoms with Crippen LogP contribution in [0.25, 0.3) is 5.69 Å². The number of hydrogen-bond acceptors (Lipinski definition) is 5. The van der Waals surface area contributed by atoms with Gasteiger partial charge in [0.2, 0.25) is 0 Å². The maximum absolute atomic E-state index is 12.5. The minimum absolute atomic E-state index is 0.0773. The molecule has 1 aliphatic rings. The molecule has 1 aromatic carbocycles. The minimum atomic E-state index is -0.489. The third kappa shape index (κ3) is 4.17. The van der Waals surface area contributed by atoms with Crippen molar-refractivity contribution in [2.24, 2.45) is 0 Å². The fourth-order valence-electron chi connectivity index (χ4n) is 2.86. The van der Waals surface area contributed by atoms with Gasteiger partial charge in [-0.05, 0) is 45.4 Å². The normalized spacial score (nSPS) is 21.2. The van der Waals surface area contributed by atoms with Crippen molar-refractivity contribution in [1.29, 1.82) is 0 Å². The molecule has 1 aromatic heterocycles. The molecule has 2 heterocycles.